The highest BCUT2D eigenvalue weighted by Crippen LogP contribution is 2.37. The molecule has 25 heavy (non-hydrogen) atoms. The number of carbonyl (C=O) groups excluding carboxylic acids is 2. The monoisotopic (exact) mass is 340 g/mol. The lowest BCUT2D eigenvalue weighted by Crippen LogP contribution is -2.10. The van der Waals surface area contributed by atoms with Crippen molar-refractivity contribution in [3.05, 3.63) is 59.2 Å². The fourth-order valence-corrected chi connectivity index (χ4v) is 2.78. The van der Waals surface area contributed by atoms with Gasteiger partial charge in [0.05, 0.1) is 0 Å². The van der Waals surface area contributed by atoms with Gasteiger partial charge in [0.25, 0.3) is 0 Å². The van der Waals surface area contributed by atoms with Gasteiger partial charge < -0.3 is 9.47 Å². The van der Waals surface area contributed by atoms with Crippen LogP contribution in [-0.2, 0) is 22.4 Å². The van der Waals surface area contributed by atoms with Crippen molar-refractivity contribution in [2.24, 2.45) is 0 Å². The number of hydrogen-bond acceptors (Lipinski definition) is 4. The average molecular weight is 340 g/mol. The molecule has 2 aromatic rings. The Kier molecular flexibility index (Phi) is 6.34. The summed E-state index contributed by atoms with van der Waals surface area (Å²) in [6, 6.07) is 13.9. The Labute approximate surface area is 148 Å². The molecular weight excluding hydrogens is 316 g/mol. The van der Waals surface area contributed by atoms with Gasteiger partial charge in [-0.25, -0.2) is 0 Å². The van der Waals surface area contributed by atoms with Crippen molar-refractivity contribution in [2.45, 2.75) is 46.5 Å². The standard InChI is InChI=1S/C21H24O4/c1-14(2)21-19(24-15(3)22)12-18(13-20(21)25-16(4)23)11-10-17-8-6-5-7-9-17/h5-9,12-14H,10-11H2,1-4H3. The molecule has 0 unspecified atom stereocenters. The fraction of sp³-hybridized carbons (Fsp3) is 0.333. The van der Waals surface area contributed by atoms with E-state index in [4.69, 9.17) is 9.47 Å². The summed E-state index contributed by atoms with van der Waals surface area (Å²) in [4.78, 5) is 23.0. The van der Waals surface area contributed by atoms with Gasteiger partial charge in [-0.05, 0) is 42.0 Å². The van der Waals surface area contributed by atoms with E-state index >= 15 is 0 Å². The van der Waals surface area contributed by atoms with Crippen LogP contribution >= 0.6 is 0 Å². The summed E-state index contributed by atoms with van der Waals surface area (Å²) < 4.78 is 10.8. The molecule has 0 aliphatic rings. The summed E-state index contributed by atoms with van der Waals surface area (Å²) in [5, 5.41) is 0. The zero-order chi connectivity index (χ0) is 18.4. The second kappa shape index (κ2) is 8.47. The van der Waals surface area contributed by atoms with Gasteiger partial charge in [-0.15, -0.1) is 0 Å². The van der Waals surface area contributed by atoms with Crippen molar-refractivity contribution >= 4 is 11.9 Å². The van der Waals surface area contributed by atoms with Gasteiger partial charge in [0.1, 0.15) is 11.5 Å². The number of ether oxygens (including phenoxy) is 2. The molecule has 0 saturated heterocycles. The smallest absolute Gasteiger partial charge is 0.308 e. The summed E-state index contributed by atoms with van der Waals surface area (Å²) in [6.07, 6.45) is 1.60. The lowest BCUT2D eigenvalue weighted by atomic mass is 9.96. The van der Waals surface area contributed by atoms with Crippen molar-refractivity contribution in [3.63, 3.8) is 0 Å². The zero-order valence-electron chi connectivity index (χ0n) is 15.2. The van der Waals surface area contributed by atoms with E-state index in [-0.39, 0.29) is 5.92 Å². The molecule has 0 fully saturated rings. The molecule has 0 spiro atoms. The van der Waals surface area contributed by atoms with Gasteiger partial charge in [-0.1, -0.05) is 44.2 Å². The minimum atomic E-state index is -0.393. The van der Waals surface area contributed by atoms with Gasteiger partial charge >= 0.3 is 11.9 Å². The van der Waals surface area contributed by atoms with Crippen LogP contribution in [0.15, 0.2) is 42.5 Å². The molecular formula is C21H24O4. The second-order valence-electron chi connectivity index (χ2n) is 6.33. The summed E-state index contributed by atoms with van der Waals surface area (Å²) in [7, 11) is 0. The highest BCUT2D eigenvalue weighted by atomic mass is 16.5. The molecule has 0 atom stereocenters. The molecule has 0 N–H and O–H groups in total. The van der Waals surface area contributed by atoms with E-state index in [9.17, 15) is 9.59 Å². The molecule has 0 radical (unpaired) electrons. The SMILES string of the molecule is CC(=O)Oc1cc(CCc2ccccc2)cc(OC(C)=O)c1C(C)C. The maximum Gasteiger partial charge on any atom is 0.308 e. The molecule has 0 aromatic heterocycles. The molecule has 0 heterocycles. The Hall–Kier alpha value is -2.62. The van der Waals surface area contributed by atoms with Gasteiger partial charge in [-0.3, -0.25) is 9.59 Å². The topological polar surface area (TPSA) is 52.6 Å². The van der Waals surface area contributed by atoms with Crippen LogP contribution in [0.4, 0.5) is 0 Å². The number of benzene rings is 2. The van der Waals surface area contributed by atoms with E-state index in [1.54, 1.807) is 0 Å². The van der Waals surface area contributed by atoms with Crippen LogP contribution in [0.25, 0.3) is 0 Å². The summed E-state index contributed by atoms with van der Waals surface area (Å²) in [6.45, 7) is 6.68. The minimum absolute atomic E-state index is 0.0480. The average Bonchev–Trinajstić information content (AvgIpc) is 2.52. The maximum absolute atomic E-state index is 11.5. The Bertz CT molecular complexity index is 711. The van der Waals surface area contributed by atoms with Crippen LogP contribution in [0, 0.1) is 0 Å². The molecule has 0 amide bonds. The van der Waals surface area contributed by atoms with Crippen LogP contribution in [0.5, 0.6) is 11.5 Å². The van der Waals surface area contributed by atoms with E-state index in [0.29, 0.717) is 11.5 Å². The van der Waals surface area contributed by atoms with E-state index in [1.165, 1.54) is 19.4 Å². The first kappa shape index (κ1) is 18.7. The van der Waals surface area contributed by atoms with Crippen molar-refractivity contribution in [3.8, 4) is 11.5 Å². The number of hydrogen-bond donors (Lipinski definition) is 0. The lowest BCUT2D eigenvalue weighted by molar-refractivity contribution is -0.132. The Morgan fingerprint density at radius 3 is 1.76 bits per heavy atom. The Balaban J connectivity index is 2.38. The van der Waals surface area contributed by atoms with E-state index < -0.39 is 11.9 Å². The molecule has 0 bridgehead atoms. The zero-order valence-corrected chi connectivity index (χ0v) is 15.2. The third kappa shape index (κ3) is 5.45. The first-order valence-electron chi connectivity index (χ1n) is 8.44. The van der Waals surface area contributed by atoms with Crippen LogP contribution in [-0.4, -0.2) is 11.9 Å². The number of esters is 2. The summed E-state index contributed by atoms with van der Waals surface area (Å²) in [5.74, 6) is 0.187. The number of carbonyl (C=O) groups is 2. The predicted molar refractivity (Wildman–Crippen MR) is 97.0 cm³/mol. The van der Waals surface area contributed by atoms with Gasteiger partial charge in [0, 0.05) is 19.4 Å². The highest BCUT2D eigenvalue weighted by Gasteiger charge is 2.19. The quantitative estimate of drug-likeness (QED) is 0.576. The fourth-order valence-electron chi connectivity index (χ4n) is 2.78. The van der Waals surface area contributed by atoms with Crippen LogP contribution in [0.3, 0.4) is 0 Å². The number of rotatable bonds is 6. The molecule has 2 aromatic carbocycles. The Morgan fingerprint density at radius 1 is 0.840 bits per heavy atom. The predicted octanol–water partition coefficient (Wildman–Crippen LogP) is 4.45. The largest absolute Gasteiger partial charge is 0.426 e. The highest BCUT2D eigenvalue weighted by molar-refractivity contribution is 5.73. The molecule has 4 nitrogen and oxygen atoms in total. The van der Waals surface area contributed by atoms with E-state index in [1.807, 2.05) is 44.2 Å². The third-order valence-electron chi connectivity index (χ3n) is 3.79. The van der Waals surface area contributed by atoms with Crippen molar-refractivity contribution in [1.82, 2.24) is 0 Å². The van der Waals surface area contributed by atoms with Crippen molar-refractivity contribution in [2.75, 3.05) is 0 Å². The lowest BCUT2D eigenvalue weighted by Gasteiger charge is -2.18. The van der Waals surface area contributed by atoms with Crippen molar-refractivity contribution < 1.29 is 19.1 Å². The normalized spacial score (nSPS) is 10.6. The molecule has 0 aliphatic heterocycles. The molecule has 132 valence electrons. The van der Waals surface area contributed by atoms with E-state index in [2.05, 4.69) is 12.1 Å². The maximum atomic E-state index is 11.5. The van der Waals surface area contributed by atoms with Gasteiger partial charge in [-0.2, -0.15) is 0 Å². The first-order valence-corrected chi connectivity index (χ1v) is 8.44. The minimum Gasteiger partial charge on any atom is -0.426 e. The molecule has 2 rings (SSSR count). The van der Waals surface area contributed by atoms with E-state index in [0.717, 1.165) is 24.0 Å². The van der Waals surface area contributed by atoms with Crippen LogP contribution in [0.2, 0.25) is 0 Å². The van der Waals surface area contributed by atoms with Crippen LogP contribution in [0.1, 0.15) is 50.3 Å². The summed E-state index contributed by atoms with van der Waals surface area (Å²) >= 11 is 0. The molecule has 0 saturated carbocycles. The van der Waals surface area contributed by atoms with Crippen LogP contribution < -0.4 is 9.47 Å². The summed E-state index contributed by atoms with van der Waals surface area (Å²) in [5.41, 5.74) is 2.91. The Morgan fingerprint density at radius 2 is 1.32 bits per heavy atom. The third-order valence-corrected chi connectivity index (χ3v) is 3.79. The first-order chi connectivity index (χ1) is 11.9. The molecule has 4 heteroatoms. The number of aryl methyl sites for hydroxylation is 2. The van der Waals surface area contributed by atoms with Gasteiger partial charge in [0.2, 0.25) is 0 Å². The van der Waals surface area contributed by atoms with Gasteiger partial charge in [0.15, 0.2) is 0 Å². The second-order valence-corrected chi connectivity index (χ2v) is 6.33. The van der Waals surface area contributed by atoms with Crippen molar-refractivity contribution in [1.29, 1.82) is 0 Å². The molecule has 0 aliphatic carbocycles.